The van der Waals surface area contributed by atoms with Crippen LogP contribution in [0.1, 0.15) is 25.3 Å². The molecule has 0 spiro atoms. The number of halogens is 1. The molecule has 0 radical (unpaired) electrons. The van der Waals surface area contributed by atoms with Crippen molar-refractivity contribution in [1.82, 2.24) is 15.6 Å². The van der Waals surface area contributed by atoms with Crippen LogP contribution < -0.4 is 15.4 Å². The molecule has 1 heterocycles. The molecule has 0 unspecified atom stereocenters. The van der Waals surface area contributed by atoms with Gasteiger partial charge in [0.15, 0.2) is 5.96 Å². The van der Waals surface area contributed by atoms with Gasteiger partial charge in [0.2, 0.25) is 5.88 Å². The van der Waals surface area contributed by atoms with E-state index in [1.165, 1.54) is 25.0 Å². The molecule has 1 saturated carbocycles. The number of rotatable bonds is 6. The Kier molecular flexibility index (Phi) is 5.25. The van der Waals surface area contributed by atoms with E-state index in [9.17, 15) is 4.39 Å². The van der Waals surface area contributed by atoms with E-state index in [0.717, 1.165) is 18.1 Å². The summed E-state index contributed by atoms with van der Waals surface area (Å²) in [5.41, 5.74) is 0.995. The second kappa shape index (κ2) is 7.77. The van der Waals surface area contributed by atoms with Crippen LogP contribution in [0.2, 0.25) is 0 Å². The first-order chi connectivity index (χ1) is 11.7. The lowest BCUT2D eigenvalue weighted by atomic mass is 10.2. The first-order valence-electron chi connectivity index (χ1n) is 8.16. The lowest BCUT2D eigenvalue weighted by molar-refractivity contribution is 0.460. The Balaban J connectivity index is 1.64. The number of aliphatic imine (C=N–C) groups is 1. The normalized spacial score (nSPS) is 14.3. The number of hydrogen-bond acceptors (Lipinski definition) is 3. The molecule has 1 aliphatic carbocycles. The maximum atomic E-state index is 12.9. The van der Waals surface area contributed by atoms with Gasteiger partial charge in [0.1, 0.15) is 11.6 Å². The highest BCUT2D eigenvalue weighted by Gasteiger charge is 2.22. The summed E-state index contributed by atoms with van der Waals surface area (Å²) in [4.78, 5) is 8.77. The molecule has 0 saturated heterocycles. The lowest BCUT2D eigenvalue weighted by Crippen LogP contribution is -2.38. The van der Waals surface area contributed by atoms with Crippen LogP contribution in [0.3, 0.4) is 0 Å². The Bertz CT molecular complexity index is 698. The van der Waals surface area contributed by atoms with Gasteiger partial charge >= 0.3 is 0 Å². The minimum absolute atomic E-state index is 0.294. The fourth-order valence-corrected chi connectivity index (χ4v) is 2.14. The van der Waals surface area contributed by atoms with Gasteiger partial charge < -0.3 is 15.4 Å². The molecular weight excluding hydrogens is 307 g/mol. The predicted octanol–water partition coefficient (Wildman–Crippen LogP) is 3.23. The van der Waals surface area contributed by atoms with E-state index < -0.39 is 0 Å². The van der Waals surface area contributed by atoms with Crippen molar-refractivity contribution in [1.29, 1.82) is 0 Å². The minimum atomic E-state index is -0.294. The number of hydrogen-bond donors (Lipinski definition) is 2. The van der Waals surface area contributed by atoms with Gasteiger partial charge in [0.25, 0.3) is 0 Å². The Morgan fingerprint density at radius 3 is 2.79 bits per heavy atom. The van der Waals surface area contributed by atoms with Crippen molar-refractivity contribution in [2.45, 2.75) is 32.4 Å². The Labute approximate surface area is 141 Å². The molecule has 0 aliphatic heterocycles. The van der Waals surface area contributed by atoms with E-state index in [0.29, 0.717) is 24.2 Å². The molecule has 1 aromatic carbocycles. The Morgan fingerprint density at radius 1 is 1.29 bits per heavy atom. The highest BCUT2D eigenvalue weighted by molar-refractivity contribution is 5.80. The zero-order valence-corrected chi connectivity index (χ0v) is 13.6. The molecule has 1 aromatic heterocycles. The molecule has 1 aliphatic rings. The molecular formula is C18H21FN4O. The van der Waals surface area contributed by atoms with E-state index >= 15 is 0 Å². The van der Waals surface area contributed by atoms with Gasteiger partial charge in [0, 0.05) is 24.8 Å². The summed E-state index contributed by atoms with van der Waals surface area (Å²) in [5.74, 6) is 1.55. The largest absolute Gasteiger partial charge is 0.439 e. The summed E-state index contributed by atoms with van der Waals surface area (Å²) in [6, 6.07) is 10.2. The molecule has 2 N–H and O–H groups in total. The SMILES string of the molecule is CCNC(=NCc1ccnc(Oc2ccc(F)cc2)c1)NC1CC1. The molecule has 5 nitrogen and oxygen atoms in total. The second-order valence-corrected chi connectivity index (χ2v) is 5.67. The standard InChI is InChI=1S/C18H21FN4O/c1-2-20-18(23-15-5-6-15)22-12-13-9-10-21-17(11-13)24-16-7-3-14(19)4-8-16/h3-4,7-11,15H,2,5-6,12H2,1H3,(H2,20,22,23). The van der Waals surface area contributed by atoms with Crippen LogP contribution in [0.25, 0.3) is 0 Å². The summed E-state index contributed by atoms with van der Waals surface area (Å²) in [5, 5.41) is 6.62. The summed E-state index contributed by atoms with van der Waals surface area (Å²) in [6.07, 6.45) is 4.09. The average molecular weight is 328 g/mol. The van der Waals surface area contributed by atoms with E-state index in [1.807, 2.05) is 19.1 Å². The van der Waals surface area contributed by atoms with Crippen LogP contribution in [0.15, 0.2) is 47.6 Å². The third-order valence-electron chi connectivity index (χ3n) is 3.52. The summed E-state index contributed by atoms with van der Waals surface area (Å²) < 4.78 is 18.6. The van der Waals surface area contributed by atoms with E-state index in [4.69, 9.17) is 4.74 Å². The fraction of sp³-hybridized carbons (Fsp3) is 0.333. The highest BCUT2D eigenvalue weighted by atomic mass is 19.1. The maximum Gasteiger partial charge on any atom is 0.219 e. The van der Waals surface area contributed by atoms with Crippen LogP contribution in [0.4, 0.5) is 4.39 Å². The van der Waals surface area contributed by atoms with Gasteiger partial charge in [-0.1, -0.05) is 0 Å². The number of aromatic nitrogens is 1. The van der Waals surface area contributed by atoms with Crippen molar-refractivity contribution in [3.63, 3.8) is 0 Å². The van der Waals surface area contributed by atoms with Gasteiger partial charge in [-0.05, 0) is 55.7 Å². The second-order valence-electron chi connectivity index (χ2n) is 5.67. The van der Waals surface area contributed by atoms with Crippen LogP contribution in [0, 0.1) is 5.82 Å². The maximum absolute atomic E-state index is 12.9. The monoisotopic (exact) mass is 328 g/mol. The Hall–Kier alpha value is -2.63. The zero-order valence-electron chi connectivity index (χ0n) is 13.6. The molecule has 2 aromatic rings. The van der Waals surface area contributed by atoms with Crippen molar-refractivity contribution in [3.05, 3.63) is 54.0 Å². The van der Waals surface area contributed by atoms with Gasteiger partial charge in [-0.3, -0.25) is 0 Å². The van der Waals surface area contributed by atoms with Crippen LogP contribution in [-0.2, 0) is 6.54 Å². The smallest absolute Gasteiger partial charge is 0.219 e. The van der Waals surface area contributed by atoms with Gasteiger partial charge in [0.05, 0.1) is 6.54 Å². The number of nitrogens with zero attached hydrogens (tertiary/aromatic N) is 2. The van der Waals surface area contributed by atoms with Gasteiger partial charge in [-0.2, -0.15) is 0 Å². The van der Waals surface area contributed by atoms with Crippen molar-refractivity contribution in [2.24, 2.45) is 4.99 Å². The quantitative estimate of drug-likeness (QED) is 0.631. The minimum Gasteiger partial charge on any atom is -0.439 e. The first kappa shape index (κ1) is 16.2. The van der Waals surface area contributed by atoms with Crippen molar-refractivity contribution in [2.75, 3.05) is 6.54 Å². The molecule has 6 heteroatoms. The number of nitrogens with one attached hydrogen (secondary N) is 2. The molecule has 0 amide bonds. The summed E-state index contributed by atoms with van der Waals surface area (Å²) in [6.45, 7) is 3.41. The van der Waals surface area contributed by atoms with Crippen molar-refractivity contribution in [3.8, 4) is 11.6 Å². The third kappa shape index (κ3) is 4.94. The van der Waals surface area contributed by atoms with Crippen LogP contribution in [-0.4, -0.2) is 23.5 Å². The summed E-state index contributed by atoms with van der Waals surface area (Å²) in [7, 11) is 0. The molecule has 24 heavy (non-hydrogen) atoms. The van der Waals surface area contributed by atoms with Crippen LogP contribution in [0.5, 0.6) is 11.6 Å². The number of pyridine rings is 1. The lowest BCUT2D eigenvalue weighted by Gasteiger charge is -2.10. The van der Waals surface area contributed by atoms with E-state index in [2.05, 4.69) is 20.6 Å². The molecule has 0 bridgehead atoms. The zero-order chi connectivity index (χ0) is 16.8. The van der Waals surface area contributed by atoms with Crippen molar-refractivity contribution < 1.29 is 9.13 Å². The molecule has 126 valence electrons. The molecule has 1 fully saturated rings. The first-order valence-corrected chi connectivity index (χ1v) is 8.16. The third-order valence-corrected chi connectivity index (χ3v) is 3.52. The topological polar surface area (TPSA) is 58.5 Å². The van der Waals surface area contributed by atoms with Crippen LogP contribution >= 0.6 is 0 Å². The fourth-order valence-electron chi connectivity index (χ4n) is 2.14. The number of ether oxygens (including phenoxy) is 1. The average Bonchev–Trinajstić information content (AvgIpc) is 3.39. The van der Waals surface area contributed by atoms with E-state index in [1.54, 1.807) is 18.3 Å². The van der Waals surface area contributed by atoms with Gasteiger partial charge in [-0.15, -0.1) is 0 Å². The van der Waals surface area contributed by atoms with E-state index in [-0.39, 0.29) is 5.82 Å². The van der Waals surface area contributed by atoms with Crippen molar-refractivity contribution >= 4 is 5.96 Å². The van der Waals surface area contributed by atoms with Gasteiger partial charge in [-0.25, -0.2) is 14.4 Å². The molecule has 3 rings (SSSR count). The summed E-state index contributed by atoms with van der Waals surface area (Å²) >= 11 is 0. The Morgan fingerprint density at radius 2 is 2.08 bits per heavy atom. The number of guanidine groups is 1. The number of benzene rings is 1. The molecule has 0 atom stereocenters. The highest BCUT2D eigenvalue weighted by Crippen LogP contribution is 2.21. The predicted molar refractivity (Wildman–Crippen MR) is 91.7 cm³/mol.